The monoisotopic (exact) mass is 488 g/mol. The van der Waals surface area contributed by atoms with E-state index in [2.05, 4.69) is 4.90 Å². The highest BCUT2D eigenvalue weighted by Crippen LogP contribution is 2.34. The predicted octanol–water partition coefficient (Wildman–Crippen LogP) is 4.25. The zero-order chi connectivity index (χ0) is 24.4. The van der Waals surface area contributed by atoms with Gasteiger partial charge in [-0.05, 0) is 78.5 Å². The van der Waals surface area contributed by atoms with E-state index in [1.807, 2.05) is 53.2 Å². The van der Waals surface area contributed by atoms with Crippen LogP contribution in [0.2, 0.25) is 0 Å². The number of hydrogen-bond donors (Lipinski definition) is 1. The summed E-state index contributed by atoms with van der Waals surface area (Å²) in [6.07, 6.45) is 3.71. The van der Waals surface area contributed by atoms with Gasteiger partial charge in [-0.3, -0.25) is 9.69 Å². The van der Waals surface area contributed by atoms with Gasteiger partial charge in [0.05, 0.1) is 29.4 Å². The maximum absolute atomic E-state index is 12.9. The zero-order valence-electron chi connectivity index (χ0n) is 19.1. The van der Waals surface area contributed by atoms with Crippen LogP contribution < -0.4 is 4.90 Å². The number of benzene rings is 2. The summed E-state index contributed by atoms with van der Waals surface area (Å²) >= 11 is 1.33. The third-order valence-corrected chi connectivity index (χ3v) is 6.97. The van der Waals surface area contributed by atoms with Gasteiger partial charge in [0.25, 0.3) is 5.91 Å². The summed E-state index contributed by atoms with van der Waals surface area (Å²) in [7, 11) is 1.72. The Morgan fingerprint density at radius 3 is 2.40 bits per heavy atom. The molecular formula is C26H24N4O4S. The van der Waals surface area contributed by atoms with Gasteiger partial charge in [0, 0.05) is 43.4 Å². The number of carbonyl (C=O) groups is 2. The molecule has 5 rings (SSSR count). The highest BCUT2D eigenvalue weighted by molar-refractivity contribution is 8.18. The fourth-order valence-corrected chi connectivity index (χ4v) is 4.94. The van der Waals surface area contributed by atoms with E-state index >= 15 is 0 Å². The number of carboxylic acids is 1. The molecule has 9 heteroatoms. The Balaban J connectivity index is 1.35. The van der Waals surface area contributed by atoms with Crippen molar-refractivity contribution >= 4 is 46.3 Å². The Morgan fingerprint density at radius 1 is 1.03 bits per heavy atom. The standard InChI is InChI=1S/C26H24N4O4S/c1-28-24(31)23(17-22-3-2-12-30(22)21-8-4-18(5-9-21)25(32)33)35-26(28)27-19-6-10-20(11-7-19)29-13-15-34-16-14-29/h2-12,17H,13-16H2,1H3,(H,32,33)/b23-17-,27-26?. The van der Waals surface area contributed by atoms with E-state index in [0.717, 1.165) is 49.1 Å². The molecule has 0 radical (unpaired) electrons. The van der Waals surface area contributed by atoms with Crippen molar-refractivity contribution < 1.29 is 19.4 Å². The van der Waals surface area contributed by atoms with Gasteiger partial charge in [-0.1, -0.05) is 0 Å². The number of amidine groups is 1. The van der Waals surface area contributed by atoms with Crippen LogP contribution >= 0.6 is 11.8 Å². The number of amides is 1. The number of hydrogen-bond acceptors (Lipinski definition) is 6. The molecule has 3 heterocycles. The van der Waals surface area contributed by atoms with Crippen LogP contribution in [0.5, 0.6) is 0 Å². The molecular weight excluding hydrogens is 464 g/mol. The molecule has 178 valence electrons. The molecule has 8 nitrogen and oxygen atoms in total. The molecule has 2 aliphatic heterocycles. The van der Waals surface area contributed by atoms with E-state index < -0.39 is 5.97 Å². The lowest BCUT2D eigenvalue weighted by molar-refractivity contribution is -0.121. The first-order valence-corrected chi connectivity index (χ1v) is 12.0. The highest BCUT2D eigenvalue weighted by atomic mass is 32.2. The zero-order valence-corrected chi connectivity index (χ0v) is 19.9. The van der Waals surface area contributed by atoms with Gasteiger partial charge in [-0.25, -0.2) is 9.79 Å². The minimum Gasteiger partial charge on any atom is -0.478 e. The number of anilines is 1. The topological polar surface area (TPSA) is 87.4 Å². The van der Waals surface area contributed by atoms with Crippen LogP contribution in [0.3, 0.4) is 0 Å². The third kappa shape index (κ3) is 4.87. The van der Waals surface area contributed by atoms with Gasteiger partial charge in [-0.2, -0.15) is 0 Å². The molecule has 0 spiro atoms. The first kappa shape index (κ1) is 22.9. The number of thioether (sulfide) groups is 1. The summed E-state index contributed by atoms with van der Waals surface area (Å²) < 4.78 is 7.33. The SMILES string of the molecule is CN1C(=O)/C(=C/c2cccn2-c2ccc(C(=O)O)cc2)SC1=Nc1ccc(N2CCOCC2)cc1. The van der Waals surface area contributed by atoms with Crippen molar-refractivity contribution in [2.45, 2.75) is 0 Å². The molecule has 2 saturated heterocycles. The molecule has 2 aliphatic rings. The summed E-state index contributed by atoms with van der Waals surface area (Å²) in [4.78, 5) is 33.2. The van der Waals surface area contributed by atoms with E-state index in [0.29, 0.717) is 10.1 Å². The van der Waals surface area contributed by atoms with Crippen molar-refractivity contribution in [2.75, 3.05) is 38.3 Å². The van der Waals surface area contributed by atoms with Crippen molar-refractivity contribution in [1.29, 1.82) is 0 Å². The second-order valence-electron chi connectivity index (χ2n) is 8.14. The lowest BCUT2D eigenvalue weighted by atomic mass is 10.2. The van der Waals surface area contributed by atoms with E-state index in [9.17, 15) is 9.59 Å². The van der Waals surface area contributed by atoms with Gasteiger partial charge in [0.1, 0.15) is 0 Å². The Bertz CT molecular complexity index is 1310. The number of likely N-dealkylation sites (N-methyl/N-ethyl adjacent to an activating group) is 1. The molecule has 0 unspecified atom stereocenters. The van der Waals surface area contributed by atoms with Gasteiger partial charge >= 0.3 is 5.97 Å². The second kappa shape index (κ2) is 9.81. The average molecular weight is 489 g/mol. The third-order valence-electron chi connectivity index (χ3n) is 5.91. The average Bonchev–Trinajstić information content (AvgIpc) is 3.45. The van der Waals surface area contributed by atoms with E-state index in [4.69, 9.17) is 14.8 Å². The highest BCUT2D eigenvalue weighted by Gasteiger charge is 2.30. The predicted molar refractivity (Wildman–Crippen MR) is 138 cm³/mol. The molecule has 3 aromatic rings. The van der Waals surface area contributed by atoms with Crippen LogP contribution in [0, 0.1) is 0 Å². The summed E-state index contributed by atoms with van der Waals surface area (Å²) in [5.41, 5.74) is 3.77. The minimum atomic E-state index is -0.968. The Morgan fingerprint density at radius 2 is 1.71 bits per heavy atom. The van der Waals surface area contributed by atoms with Crippen LogP contribution in [-0.2, 0) is 9.53 Å². The summed E-state index contributed by atoms with van der Waals surface area (Å²) in [6.45, 7) is 3.22. The maximum atomic E-state index is 12.9. The van der Waals surface area contributed by atoms with E-state index in [-0.39, 0.29) is 11.5 Å². The lowest BCUT2D eigenvalue weighted by Crippen LogP contribution is -2.36. The van der Waals surface area contributed by atoms with E-state index in [1.165, 1.54) is 11.8 Å². The Hall–Kier alpha value is -3.82. The van der Waals surface area contributed by atoms with Crippen LogP contribution in [0.25, 0.3) is 11.8 Å². The number of ether oxygens (including phenoxy) is 1. The van der Waals surface area contributed by atoms with Gasteiger partial charge in [-0.15, -0.1) is 0 Å². The largest absolute Gasteiger partial charge is 0.478 e. The van der Waals surface area contributed by atoms with Gasteiger partial charge in [0.15, 0.2) is 5.17 Å². The number of aliphatic imine (C=N–C) groups is 1. The van der Waals surface area contributed by atoms with Crippen molar-refractivity contribution in [2.24, 2.45) is 4.99 Å². The number of morpholine rings is 1. The van der Waals surface area contributed by atoms with Gasteiger partial charge < -0.3 is 19.3 Å². The fourth-order valence-electron chi connectivity index (χ4n) is 3.97. The summed E-state index contributed by atoms with van der Waals surface area (Å²) in [6, 6.07) is 18.4. The Labute approximate surface area is 207 Å². The summed E-state index contributed by atoms with van der Waals surface area (Å²) in [5, 5.41) is 9.74. The summed E-state index contributed by atoms with van der Waals surface area (Å²) in [5.74, 6) is -1.09. The molecule has 0 saturated carbocycles. The number of aromatic nitrogens is 1. The first-order chi connectivity index (χ1) is 17.0. The molecule has 0 aliphatic carbocycles. The van der Waals surface area contributed by atoms with Crippen LogP contribution in [0.1, 0.15) is 16.1 Å². The quantitative estimate of drug-likeness (QED) is 0.541. The van der Waals surface area contributed by atoms with Crippen molar-refractivity contribution in [3.63, 3.8) is 0 Å². The van der Waals surface area contributed by atoms with Gasteiger partial charge in [0.2, 0.25) is 0 Å². The number of nitrogens with zero attached hydrogens (tertiary/aromatic N) is 4. The molecule has 0 bridgehead atoms. The number of carbonyl (C=O) groups excluding carboxylic acids is 1. The smallest absolute Gasteiger partial charge is 0.335 e. The molecule has 2 aromatic carbocycles. The minimum absolute atomic E-state index is 0.118. The molecule has 1 amide bonds. The number of rotatable bonds is 5. The molecule has 0 atom stereocenters. The second-order valence-corrected chi connectivity index (χ2v) is 9.15. The lowest BCUT2D eigenvalue weighted by Gasteiger charge is -2.28. The maximum Gasteiger partial charge on any atom is 0.335 e. The van der Waals surface area contributed by atoms with Crippen LogP contribution in [-0.4, -0.2) is 65.0 Å². The molecule has 1 aromatic heterocycles. The molecule has 1 N–H and O–H groups in total. The molecule has 2 fully saturated rings. The van der Waals surface area contributed by atoms with Crippen molar-refractivity contribution in [3.05, 3.63) is 83.0 Å². The van der Waals surface area contributed by atoms with Crippen molar-refractivity contribution in [1.82, 2.24) is 9.47 Å². The van der Waals surface area contributed by atoms with E-state index in [1.54, 1.807) is 36.2 Å². The normalized spacial score (nSPS) is 18.6. The van der Waals surface area contributed by atoms with Crippen LogP contribution in [0.4, 0.5) is 11.4 Å². The van der Waals surface area contributed by atoms with Crippen LogP contribution in [0.15, 0.2) is 76.8 Å². The molecule has 35 heavy (non-hydrogen) atoms. The Kier molecular flexibility index (Phi) is 6.43. The fraction of sp³-hybridized carbons (Fsp3) is 0.192. The number of carboxylic acid groups (broad SMARTS) is 1. The number of aromatic carboxylic acids is 1. The first-order valence-electron chi connectivity index (χ1n) is 11.2. The van der Waals surface area contributed by atoms with Crippen molar-refractivity contribution in [3.8, 4) is 5.69 Å².